The molecule has 1 amide bonds. The highest BCUT2D eigenvalue weighted by Crippen LogP contribution is 2.18. The summed E-state index contributed by atoms with van der Waals surface area (Å²) < 4.78 is 41.9. The topological polar surface area (TPSA) is 74.8 Å². The molecule has 10 heteroatoms. The van der Waals surface area contributed by atoms with E-state index >= 15 is 0 Å². The highest BCUT2D eigenvalue weighted by molar-refractivity contribution is 14.0. The minimum atomic E-state index is -4.21. The lowest BCUT2D eigenvalue weighted by atomic mass is 10.2. The summed E-state index contributed by atoms with van der Waals surface area (Å²) in [5.74, 6) is 0.111. The lowest BCUT2D eigenvalue weighted by Gasteiger charge is -2.14. The van der Waals surface area contributed by atoms with Gasteiger partial charge < -0.3 is 20.7 Å². The molecule has 0 aliphatic carbocycles. The first-order valence-corrected chi connectivity index (χ1v) is 8.40. The number of hydrogen-bond donors (Lipinski definition) is 3. The van der Waals surface area contributed by atoms with Crippen LogP contribution in [0.5, 0.6) is 0 Å². The fourth-order valence-electron chi connectivity index (χ4n) is 2.50. The summed E-state index contributed by atoms with van der Waals surface area (Å²) in [4.78, 5) is 16.0. The van der Waals surface area contributed by atoms with Crippen LogP contribution in [0.25, 0.3) is 0 Å². The summed E-state index contributed by atoms with van der Waals surface area (Å²) in [7, 11) is 1.49. The zero-order valence-electron chi connectivity index (χ0n) is 14.9. The summed E-state index contributed by atoms with van der Waals surface area (Å²) in [6.07, 6.45) is -3.96. The lowest BCUT2D eigenvalue weighted by molar-refractivity contribution is -0.132. The lowest BCUT2D eigenvalue weighted by Crippen LogP contribution is -2.38. The Morgan fingerprint density at radius 2 is 2.11 bits per heavy atom. The Hall–Kier alpha value is -1.56. The van der Waals surface area contributed by atoms with Crippen molar-refractivity contribution in [3.8, 4) is 0 Å². The molecule has 152 valence electrons. The zero-order chi connectivity index (χ0) is 19.0. The number of aliphatic imine (C=N–C) groups is 1. The van der Waals surface area contributed by atoms with Gasteiger partial charge in [-0.25, -0.2) is 0 Å². The Kier molecular flexibility index (Phi) is 9.84. The molecule has 1 fully saturated rings. The van der Waals surface area contributed by atoms with Crippen LogP contribution in [-0.2, 0) is 16.1 Å². The van der Waals surface area contributed by atoms with E-state index < -0.39 is 18.7 Å². The van der Waals surface area contributed by atoms with Gasteiger partial charge in [0.15, 0.2) is 5.96 Å². The molecular weight excluding hydrogens is 476 g/mol. The van der Waals surface area contributed by atoms with Gasteiger partial charge in [-0.05, 0) is 30.5 Å². The van der Waals surface area contributed by atoms with Crippen LogP contribution >= 0.6 is 24.0 Å². The van der Waals surface area contributed by atoms with Crippen molar-refractivity contribution >= 4 is 41.5 Å². The van der Waals surface area contributed by atoms with Gasteiger partial charge in [0.05, 0.1) is 6.42 Å². The molecule has 0 bridgehead atoms. The second-order valence-electron chi connectivity index (χ2n) is 5.91. The first-order valence-electron chi connectivity index (χ1n) is 8.40. The minimum absolute atomic E-state index is 0. The number of nitrogens with one attached hydrogen (secondary N) is 3. The van der Waals surface area contributed by atoms with Crippen molar-refractivity contribution in [3.63, 3.8) is 0 Å². The Bertz CT molecular complexity index is 635. The molecule has 1 unspecified atom stereocenters. The van der Waals surface area contributed by atoms with Gasteiger partial charge in [0, 0.05) is 32.4 Å². The number of alkyl halides is 3. The van der Waals surface area contributed by atoms with Gasteiger partial charge in [0.1, 0.15) is 6.10 Å². The third-order valence-corrected chi connectivity index (χ3v) is 3.80. The van der Waals surface area contributed by atoms with Gasteiger partial charge in [-0.3, -0.25) is 9.79 Å². The van der Waals surface area contributed by atoms with Gasteiger partial charge in [-0.2, -0.15) is 13.2 Å². The standard InChI is InChI=1S/C17H23F3N4O2.HI/c1-21-16(22-8-7-17(18,19)20)23-11-12-4-2-5-13(10-12)24-15(25)14-6-3-9-26-14;/h2,4-5,10,14H,3,6-9,11H2,1H3,(H,24,25)(H2,21,22,23);1H. The fraction of sp³-hybridized carbons (Fsp3) is 0.529. The van der Waals surface area contributed by atoms with Crippen LogP contribution < -0.4 is 16.0 Å². The maximum atomic E-state index is 12.2. The average Bonchev–Trinajstić information content (AvgIpc) is 3.12. The van der Waals surface area contributed by atoms with Gasteiger partial charge in [0.2, 0.25) is 0 Å². The summed E-state index contributed by atoms with van der Waals surface area (Å²) >= 11 is 0. The number of hydrogen-bond acceptors (Lipinski definition) is 3. The van der Waals surface area contributed by atoms with Gasteiger partial charge in [-0.15, -0.1) is 24.0 Å². The van der Waals surface area contributed by atoms with Crippen LogP contribution in [0.4, 0.5) is 18.9 Å². The zero-order valence-corrected chi connectivity index (χ0v) is 17.3. The molecule has 1 aliphatic heterocycles. The van der Waals surface area contributed by atoms with E-state index in [1.165, 1.54) is 7.05 Å². The van der Waals surface area contributed by atoms with Crippen molar-refractivity contribution in [2.75, 3.05) is 25.5 Å². The summed E-state index contributed by atoms with van der Waals surface area (Å²) in [5, 5.41) is 8.37. The number of anilines is 1. The number of guanidine groups is 1. The van der Waals surface area contributed by atoms with E-state index in [0.717, 1.165) is 12.0 Å². The van der Waals surface area contributed by atoms with Crippen molar-refractivity contribution in [1.82, 2.24) is 10.6 Å². The Morgan fingerprint density at radius 3 is 2.74 bits per heavy atom. The molecule has 2 rings (SSSR count). The number of carbonyl (C=O) groups excluding carboxylic acids is 1. The SMILES string of the molecule is CN=C(NCCC(F)(F)F)NCc1cccc(NC(=O)C2CCCO2)c1.I. The van der Waals surface area contributed by atoms with Crippen LogP contribution in [0.1, 0.15) is 24.8 Å². The van der Waals surface area contributed by atoms with E-state index in [4.69, 9.17) is 4.74 Å². The number of carbonyl (C=O) groups is 1. The number of halogens is 4. The first-order chi connectivity index (χ1) is 12.4. The third kappa shape index (κ3) is 8.78. The summed E-state index contributed by atoms with van der Waals surface area (Å²) in [6.45, 7) is 0.707. The van der Waals surface area contributed by atoms with Crippen LogP contribution in [-0.4, -0.2) is 44.3 Å². The second kappa shape index (κ2) is 11.3. The number of benzene rings is 1. The molecule has 0 spiro atoms. The van der Waals surface area contributed by atoms with Crippen molar-refractivity contribution in [2.45, 2.75) is 38.1 Å². The number of ether oxygens (including phenoxy) is 1. The Labute approximate surface area is 173 Å². The Morgan fingerprint density at radius 1 is 1.33 bits per heavy atom. The van der Waals surface area contributed by atoms with Crippen molar-refractivity contribution in [1.29, 1.82) is 0 Å². The van der Waals surface area contributed by atoms with Crippen molar-refractivity contribution in [2.24, 2.45) is 4.99 Å². The molecule has 1 saturated heterocycles. The van der Waals surface area contributed by atoms with E-state index in [2.05, 4.69) is 20.9 Å². The van der Waals surface area contributed by atoms with Crippen molar-refractivity contribution in [3.05, 3.63) is 29.8 Å². The summed E-state index contributed by atoms with van der Waals surface area (Å²) in [5.41, 5.74) is 1.50. The quantitative estimate of drug-likeness (QED) is 0.319. The van der Waals surface area contributed by atoms with Crippen LogP contribution in [0.15, 0.2) is 29.3 Å². The highest BCUT2D eigenvalue weighted by atomic mass is 127. The van der Waals surface area contributed by atoms with Crippen molar-refractivity contribution < 1.29 is 22.7 Å². The largest absolute Gasteiger partial charge is 0.390 e. The fourth-order valence-corrected chi connectivity index (χ4v) is 2.50. The molecular formula is C17H24F3IN4O2. The molecule has 1 aromatic rings. The van der Waals surface area contributed by atoms with Crippen LogP contribution in [0.2, 0.25) is 0 Å². The van der Waals surface area contributed by atoms with Gasteiger partial charge in [0.25, 0.3) is 5.91 Å². The summed E-state index contributed by atoms with van der Waals surface area (Å²) in [6, 6.07) is 7.20. The predicted molar refractivity (Wildman–Crippen MR) is 108 cm³/mol. The number of nitrogens with zero attached hydrogens (tertiary/aromatic N) is 1. The van der Waals surface area contributed by atoms with E-state index in [9.17, 15) is 18.0 Å². The number of amides is 1. The van der Waals surface area contributed by atoms with Gasteiger partial charge >= 0.3 is 6.18 Å². The van der Waals surface area contributed by atoms with E-state index in [0.29, 0.717) is 25.3 Å². The maximum Gasteiger partial charge on any atom is 0.390 e. The normalized spacial score (nSPS) is 17.2. The van der Waals surface area contributed by atoms with Gasteiger partial charge in [-0.1, -0.05) is 12.1 Å². The molecule has 1 heterocycles. The third-order valence-electron chi connectivity index (χ3n) is 3.80. The molecule has 1 atom stereocenters. The molecule has 6 nitrogen and oxygen atoms in total. The molecule has 0 aromatic heterocycles. The van der Waals surface area contributed by atoms with E-state index in [1.54, 1.807) is 18.2 Å². The first kappa shape index (κ1) is 23.5. The molecule has 1 aliphatic rings. The Balaban J connectivity index is 0.00000364. The average molecular weight is 500 g/mol. The molecule has 0 saturated carbocycles. The molecule has 1 aromatic carbocycles. The van der Waals surface area contributed by atoms with E-state index in [1.807, 2.05) is 6.07 Å². The van der Waals surface area contributed by atoms with Crippen LogP contribution in [0, 0.1) is 0 Å². The van der Waals surface area contributed by atoms with E-state index in [-0.39, 0.29) is 42.4 Å². The second-order valence-corrected chi connectivity index (χ2v) is 5.91. The van der Waals surface area contributed by atoms with Crippen LogP contribution in [0.3, 0.4) is 0 Å². The smallest absolute Gasteiger partial charge is 0.368 e. The number of rotatable bonds is 6. The maximum absolute atomic E-state index is 12.2. The minimum Gasteiger partial charge on any atom is -0.368 e. The molecule has 0 radical (unpaired) electrons. The molecule has 3 N–H and O–H groups in total. The predicted octanol–water partition coefficient (Wildman–Crippen LogP) is 3.04. The highest BCUT2D eigenvalue weighted by Gasteiger charge is 2.26. The monoisotopic (exact) mass is 500 g/mol. The molecule has 27 heavy (non-hydrogen) atoms.